The number of nitrogens with zero attached hydrogens (tertiary/aromatic N) is 2. The molecule has 0 saturated heterocycles. The Kier molecular flexibility index (Phi) is 3.30. The quantitative estimate of drug-likeness (QED) is 0.726. The maximum absolute atomic E-state index is 10.9. The van der Waals surface area contributed by atoms with E-state index < -0.39 is 0 Å². The van der Waals surface area contributed by atoms with E-state index in [1.807, 2.05) is 6.92 Å². The van der Waals surface area contributed by atoms with Gasteiger partial charge in [-0.2, -0.15) is 0 Å². The van der Waals surface area contributed by atoms with E-state index in [9.17, 15) is 4.79 Å². The van der Waals surface area contributed by atoms with Crippen LogP contribution >= 0.6 is 11.8 Å². The van der Waals surface area contributed by atoms with Crippen LogP contribution in [-0.4, -0.2) is 21.4 Å². The minimum atomic E-state index is -0.358. The van der Waals surface area contributed by atoms with Crippen molar-refractivity contribution in [3.63, 3.8) is 0 Å². The van der Waals surface area contributed by atoms with Crippen molar-refractivity contribution in [2.45, 2.75) is 30.7 Å². The van der Waals surface area contributed by atoms with Crippen LogP contribution in [0.4, 0.5) is 0 Å². The average Bonchev–Trinajstić information content (AvgIpc) is 2.46. The summed E-state index contributed by atoms with van der Waals surface area (Å²) in [7, 11) is 0. The lowest BCUT2D eigenvalue weighted by atomic mass is 10.3. The van der Waals surface area contributed by atoms with Gasteiger partial charge in [0, 0.05) is 6.92 Å². The van der Waals surface area contributed by atoms with Crippen molar-refractivity contribution in [1.29, 1.82) is 0 Å². The molecule has 0 aliphatic carbocycles. The van der Waals surface area contributed by atoms with E-state index in [0.717, 1.165) is 0 Å². The van der Waals surface area contributed by atoms with Gasteiger partial charge in [0.15, 0.2) is 0 Å². The molecule has 1 unspecified atom stereocenters. The molecule has 1 aromatic rings. The number of carbonyl (C=O) groups is 1. The van der Waals surface area contributed by atoms with Crippen LogP contribution < -0.4 is 5.73 Å². The second-order valence-electron chi connectivity index (χ2n) is 2.50. The largest absolute Gasteiger partial charge is 0.416 e. The second-order valence-corrected chi connectivity index (χ2v) is 3.66. The Morgan fingerprint density at radius 2 is 2.38 bits per heavy atom. The van der Waals surface area contributed by atoms with Crippen molar-refractivity contribution in [1.82, 2.24) is 10.2 Å². The molecule has 6 heteroatoms. The predicted molar refractivity (Wildman–Crippen MR) is 48.2 cm³/mol. The number of aromatic nitrogens is 2. The monoisotopic (exact) mass is 201 g/mol. The van der Waals surface area contributed by atoms with Crippen LogP contribution in [0, 0.1) is 6.92 Å². The van der Waals surface area contributed by atoms with Crippen LogP contribution in [0.25, 0.3) is 0 Å². The number of amides is 1. The summed E-state index contributed by atoms with van der Waals surface area (Å²) >= 11 is 1.20. The fraction of sp³-hybridized carbons (Fsp3) is 0.571. The number of rotatable bonds is 4. The Hall–Kier alpha value is -1.04. The molecule has 0 saturated carbocycles. The number of carbonyl (C=O) groups excluding carboxylic acids is 1. The first kappa shape index (κ1) is 10.0. The zero-order valence-corrected chi connectivity index (χ0v) is 8.30. The molecule has 1 atom stereocenters. The molecule has 0 aliphatic heterocycles. The molecule has 1 aromatic heterocycles. The van der Waals surface area contributed by atoms with Gasteiger partial charge in [0.1, 0.15) is 0 Å². The van der Waals surface area contributed by atoms with Crippen LogP contribution in [0.5, 0.6) is 0 Å². The van der Waals surface area contributed by atoms with Crippen LogP contribution in [-0.2, 0) is 4.79 Å². The van der Waals surface area contributed by atoms with Crippen LogP contribution in [0.2, 0.25) is 0 Å². The number of nitrogens with two attached hydrogens (primary N) is 1. The summed E-state index contributed by atoms with van der Waals surface area (Å²) in [6, 6.07) is 0. The third-order valence-electron chi connectivity index (χ3n) is 1.44. The topological polar surface area (TPSA) is 82.0 Å². The van der Waals surface area contributed by atoms with Gasteiger partial charge in [-0.1, -0.05) is 18.7 Å². The maximum Gasteiger partial charge on any atom is 0.277 e. The molecular formula is C7H11N3O2S. The van der Waals surface area contributed by atoms with Gasteiger partial charge in [0.05, 0.1) is 5.25 Å². The van der Waals surface area contributed by atoms with E-state index in [2.05, 4.69) is 10.2 Å². The number of hydrogen-bond acceptors (Lipinski definition) is 5. The van der Waals surface area contributed by atoms with Gasteiger partial charge >= 0.3 is 0 Å². The normalized spacial score (nSPS) is 12.8. The number of primary amides is 1. The standard InChI is InChI=1S/C7H11N3O2S/c1-3-5(6(8)11)13-7-10-9-4(2)12-7/h5H,3H2,1-2H3,(H2,8,11). The molecule has 0 bridgehead atoms. The number of thioether (sulfide) groups is 1. The van der Waals surface area contributed by atoms with E-state index in [1.54, 1.807) is 6.92 Å². The lowest BCUT2D eigenvalue weighted by Gasteiger charge is -2.05. The van der Waals surface area contributed by atoms with Gasteiger partial charge in [-0.15, -0.1) is 10.2 Å². The zero-order valence-electron chi connectivity index (χ0n) is 7.48. The van der Waals surface area contributed by atoms with Crippen LogP contribution in [0.15, 0.2) is 9.64 Å². The Balaban J connectivity index is 2.61. The van der Waals surface area contributed by atoms with Crippen molar-refractivity contribution in [3.05, 3.63) is 5.89 Å². The summed E-state index contributed by atoms with van der Waals surface area (Å²) < 4.78 is 5.10. The Labute approximate surface area is 80.1 Å². The zero-order chi connectivity index (χ0) is 9.84. The first-order valence-electron chi connectivity index (χ1n) is 3.89. The fourth-order valence-corrected chi connectivity index (χ4v) is 1.57. The molecule has 1 rings (SSSR count). The SMILES string of the molecule is CCC(Sc1nnc(C)o1)C(N)=O. The van der Waals surface area contributed by atoms with E-state index in [0.29, 0.717) is 17.5 Å². The van der Waals surface area contributed by atoms with Gasteiger partial charge in [-0.25, -0.2) is 0 Å². The summed E-state index contributed by atoms with van der Waals surface area (Å²) in [4.78, 5) is 10.9. The summed E-state index contributed by atoms with van der Waals surface area (Å²) in [5.41, 5.74) is 5.15. The maximum atomic E-state index is 10.9. The third kappa shape index (κ3) is 2.73. The smallest absolute Gasteiger partial charge is 0.277 e. The van der Waals surface area contributed by atoms with Crippen molar-refractivity contribution in [2.75, 3.05) is 0 Å². The Bertz CT molecular complexity index is 300. The highest BCUT2D eigenvalue weighted by Gasteiger charge is 2.17. The molecule has 1 amide bonds. The lowest BCUT2D eigenvalue weighted by Crippen LogP contribution is -2.24. The van der Waals surface area contributed by atoms with Crippen LogP contribution in [0.1, 0.15) is 19.2 Å². The molecule has 0 fully saturated rings. The van der Waals surface area contributed by atoms with E-state index in [1.165, 1.54) is 11.8 Å². The molecule has 2 N–H and O–H groups in total. The van der Waals surface area contributed by atoms with E-state index in [-0.39, 0.29) is 11.2 Å². The first-order valence-corrected chi connectivity index (χ1v) is 4.77. The van der Waals surface area contributed by atoms with E-state index >= 15 is 0 Å². The second kappa shape index (κ2) is 4.27. The fourth-order valence-electron chi connectivity index (χ4n) is 0.790. The van der Waals surface area contributed by atoms with E-state index in [4.69, 9.17) is 10.2 Å². The molecule has 13 heavy (non-hydrogen) atoms. The minimum absolute atomic E-state index is 0.292. The first-order chi connectivity index (χ1) is 6.13. The summed E-state index contributed by atoms with van der Waals surface area (Å²) in [6.07, 6.45) is 0.654. The summed E-state index contributed by atoms with van der Waals surface area (Å²) in [5, 5.41) is 7.50. The Morgan fingerprint density at radius 3 is 2.77 bits per heavy atom. The molecule has 0 aromatic carbocycles. The summed E-state index contributed by atoms with van der Waals surface area (Å²) in [6.45, 7) is 3.58. The van der Waals surface area contributed by atoms with Gasteiger partial charge in [0.2, 0.25) is 11.8 Å². The molecule has 72 valence electrons. The van der Waals surface area contributed by atoms with Gasteiger partial charge < -0.3 is 10.2 Å². The minimum Gasteiger partial charge on any atom is -0.416 e. The van der Waals surface area contributed by atoms with Crippen molar-refractivity contribution < 1.29 is 9.21 Å². The number of aryl methyl sites for hydroxylation is 1. The summed E-state index contributed by atoms with van der Waals surface area (Å²) in [5.74, 6) is 0.130. The molecule has 0 spiro atoms. The average molecular weight is 201 g/mol. The lowest BCUT2D eigenvalue weighted by molar-refractivity contribution is -0.117. The molecule has 0 radical (unpaired) electrons. The highest BCUT2D eigenvalue weighted by molar-refractivity contribution is 8.00. The van der Waals surface area contributed by atoms with Gasteiger partial charge in [-0.3, -0.25) is 4.79 Å². The molecule has 0 aliphatic rings. The Morgan fingerprint density at radius 1 is 1.69 bits per heavy atom. The third-order valence-corrected chi connectivity index (χ3v) is 2.66. The van der Waals surface area contributed by atoms with Gasteiger partial charge in [0.25, 0.3) is 5.22 Å². The molecule has 5 nitrogen and oxygen atoms in total. The molecular weight excluding hydrogens is 190 g/mol. The van der Waals surface area contributed by atoms with Crippen molar-refractivity contribution in [2.24, 2.45) is 5.73 Å². The highest BCUT2D eigenvalue weighted by atomic mass is 32.2. The van der Waals surface area contributed by atoms with Gasteiger partial charge in [-0.05, 0) is 6.42 Å². The predicted octanol–water partition coefficient (Wildman–Crippen LogP) is 0.734. The number of hydrogen-bond donors (Lipinski definition) is 1. The van der Waals surface area contributed by atoms with Crippen LogP contribution in [0.3, 0.4) is 0 Å². The van der Waals surface area contributed by atoms with Crippen molar-refractivity contribution >= 4 is 17.7 Å². The van der Waals surface area contributed by atoms with Crippen molar-refractivity contribution in [3.8, 4) is 0 Å². The molecule has 1 heterocycles. The highest BCUT2D eigenvalue weighted by Crippen LogP contribution is 2.23.